The summed E-state index contributed by atoms with van der Waals surface area (Å²) >= 11 is 1.65. The Bertz CT molecular complexity index is 1300. The Morgan fingerprint density at radius 1 is 1.03 bits per heavy atom. The van der Waals surface area contributed by atoms with Crippen LogP contribution in [-0.4, -0.2) is 22.8 Å². The van der Waals surface area contributed by atoms with Crippen molar-refractivity contribution in [3.8, 4) is 22.3 Å². The van der Waals surface area contributed by atoms with E-state index in [1.165, 1.54) is 12.0 Å². The monoisotopic (exact) mass is 544 g/mol. The van der Waals surface area contributed by atoms with Crippen LogP contribution in [0, 0.1) is 11.3 Å². The van der Waals surface area contributed by atoms with Crippen LogP contribution in [0.1, 0.15) is 77.7 Å². The van der Waals surface area contributed by atoms with Crippen LogP contribution in [0.4, 0.5) is 5.82 Å². The molecule has 206 valence electrons. The van der Waals surface area contributed by atoms with E-state index in [0.717, 1.165) is 60.8 Å². The van der Waals surface area contributed by atoms with Crippen LogP contribution < -0.4 is 16.4 Å². The van der Waals surface area contributed by atoms with Crippen LogP contribution in [0.5, 0.6) is 0 Å². The smallest absolute Gasteiger partial charge is 0.225 e. The first-order valence-electron chi connectivity index (χ1n) is 14.1. The normalized spacial score (nSPS) is 20.6. The zero-order valence-corrected chi connectivity index (χ0v) is 24.1. The average molecular weight is 545 g/mol. The van der Waals surface area contributed by atoms with Crippen molar-refractivity contribution >= 4 is 29.0 Å². The van der Waals surface area contributed by atoms with Crippen molar-refractivity contribution in [3.05, 3.63) is 58.9 Å². The average Bonchev–Trinajstić information content (AvgIpc) is 3.43. The summed E-state index contributed by atoms with van der Waals surface area (Å²) in [7, 11) is 0. The zero-order valence-electron chi connectivity index (χ0n) is 23.3. The molecule has 2 fully saturated rings. The van der Waals surface area contributed by atoms with Crippen LogP contribution in [0.3, 0.4) is 0 Å². The highest BCUT2D eigenvalue weighted by molar-refractivity contribution is 7.08. The number of benzene rings is 1. The maximum absolute atomic E-state index is 13.0. The van der Waals surface area contributed by atoms with E-state index in [9.17, 15) is 9.59 Å². The summed E-state index contributed by atoms with van der Waals surface area (Å²) in [5, 5.41) is 10.4. The first kappa shape index (κ1) is 27.5. The van der Waals surface area contributed by atoms with E-state index in [4.69, 9.17) is 5.73 Å². The molecule has 0 atom stereocenters. The van der Waals surface area contributed by atoms with Gasteiger partial charge in [0.15, 0.2) is 0 Å². The minimum absolute atomic E-state index is 0.00760. The number of hydrogen-bond donors (Lipinski definition) is 3. The van der Waals surface area contributed by atoms with Gasteiger partial charge in [-0.25, -0.2) is 4.98 Å². The molecule has 2 saturated carbocycles. The highest BCUT2D eigenvalue weighted by Crippen LogP contribution is 2.40. The molecular formula is C32H40N4O2S. The van der Waals surface area contributed by atoms with Crippen LogP contribution in [0.15, 0.2) is 53.4 Å². The van der Waals surface area contributed by atoms with Gasteiger partial charge < -0.3 is 16.4 Å². The van der Waals surface area contributed by atoms with Gasteiger partial charge in [0.2, 0.25) is 11.8 Å². The molecule has 2 aliphatic rings. The third-order valence-electron chi connectivity index (χ3n) is 8.36. The first-order valence-corrected chi connectivity index (χ1v) is 15.1. The number of pyridine rings is 1. The predicted molar refractivity (Wildman–Crippen MR) is 159 cm³/mol. The van der Waals surface area contributed by atoms with E-state index in [0.29, 0.717) is 18.2 Å². The first-order chi connectivity index (χ1) is 18.6. The lowest BCUT2D eigenvalue weighted by molar-refractivity contribution is -0.129. The van der Waals surface area contributed by atoms with Crippen molar-refractivity contribution in [1.82, 2.24) is 10.3 Å². The highest BCUT2D eigenvalue weighted by Gasteiger charge is 2.34. The zero-order chi connectivity index (χ0) is 27.6. The summed E-state index contributed by atoms with van der Waals surface area (Å²) in [4.78, 5) is 29.9. The van der Waals surface area contributed by atoms with Crippen molar-refractivity contribution in [2.24, 2.45) is 17.1 Å². The van der Waals surface area contributed by atoms with E-state index < -0.39 is 0 Å². The molecule has 39 heavy (non-hydrogen) atoms. The van der Waals surface area contributed by atoms with Gasteiger partial charge >= 0.3 is 0 Å². The summed E-state index contributed by atoms with van der Waals surface area (Å²) < 4.78 is 0. The minimum atomic E-state index is -0.381. The number of carbonyl (C=O) groups is 2. The Balaban J connectivity index is 1.23. The van der Waals surface area contributed by atoms with Gasteiger partial charge in [0.05, 0.1) is 0 Å². The van der Waals surface area contributed by atoms with Crippen molar-refractivity contribution in [3.63, 3.8) is 0 Å². The van der Waals surface area contributed by atoms with Crippen LogP contribution in [0.2, 0.25) is 0 Å². The van der Waals surface area contributed by atoms with Crippen molar-refractivity contribution < 1.29 is 9.59 Å². The molecule has 0 radical (unpaired) electrons. The molecule has 5 rings (SSSR count). The maximum atomic E-state index is 13.0. The molecule has 7 heteroatoms. The van der Waals surface area contributed by atoms with Gasteiger partial charge in [0, 0.05) is 35.2 Å². The van der Waals surface area contributed by atoms with E-state index in [1.54, 1.807) is 11.3 Å². The Kier molecular flexibility index (Phi) is 7.92. The number of rotatable bonds is 7. The van der Waals surface area contributed by atoms with Gasteiger partial charge in [-0.3, -0.25) is 9.59 Å². The number of nitrogens with zero attached hydrogens (tertiary/aromatic N) is 1. The van der Waals surface area contributed by atoms with E-state index >= 15 is 0 Å². The number of anilines is 1. The van der Waals surface area contributed by atoms with Crippen LogP contribution in [0.25, 0.3) is 22.3 Å². The molecule has 0 saturated heterocycles. The summed E-state index contributed by atoms with van der Waals surface area (Å²) in [6, 6.07) is 12.8. The largest absolute Gasteiger partial charge is 0.353 e. The number of nitrogens with two attached hydrogens (primary N) is 1. The molecule has 4 N–H and O–H groups in total. The van der Waals surface area contributed by atoms with E-state index in [2.05, 4.69) is 56.7 Å². The highest BCUT2D eigenvalue weighted by atomic mass is 32.1. The minimum Gasteiger partial charge on any atom is -0.353 e. The molecule has 2 amide bonds. The van der Waals surface area contributed by atoms with Gasteiger partial charge in [-0.05, 0) is 96.0 Å². The molecule has 0 spiro atoms. The molecule has 0 aliphatic heterocycles. The fraction of sp³-hybridized carbons (Fsp3) is 0.469. The predicted octanol–water partition coefficient (Wildman–Crippen LogP) is 6.86. The van der Waals surface area contributed by atoms with Crippen molar-refractivity contribution in [1.29, 1.82) is 0 Å². The van der Waals surface area contributed by atoms with Gasteiger partial charge in [0.25, 0.3) is 0 Å². The second kappa shape index (κ2) is 11.2. The third kappa shape index (κ3) is 6.42. The maximum Gasteiger partial charge on any atom is 0.225 e. The number of amides is 2. The van der Waals surface area contributed by atoms with Crippen molar-refractivity contribution in [2.45, 2.75) is 83.7 Å². The fourth-order valence-corrected chi connectivity index (χ4v) is 6.26. The second-order valence-corrected chi connectivity index (χ2v) is 13.2. The Hall–Kier alpha value is -3.03. The molecular weight excluding hydrogens is 504 g/mol. The van der Waals surface area contributed by atoms with Gasteiger partial charge in [-0.15, -0.1) is 0 Å². The Labute approximate surface area is 235 Å². The van der Waals surface area contributed by atoms with E-state index in [1.807, 2.05) is 33.0 Å². The lowest BCUT2D eigenvalue weighted by Gasteiger charge is -2.38. The number of aromatic nitrogens is 1. The van der Waals surface area contributed by atoms with E-state index in [-0.39, 0.29) is 28.8 Å². The quantitative estimate of drug-likeness (QED) is 0.302. The summed E-state index contributed by atoms with van der Waals surface area (Å²) in [5.41, 5.74) is 11.4. The molecule has 2 aliphatic carbocycles. The van der Waals surface area contributed by atoms with Crippen LogP contribution in [-0.2, 0) is 15.1 Å². The molecule has 2 heterocycles. The lowest BCUT2D eigenvalue weighted by atomic mass is 9.72. The molecule has 3 aromatic rings. The Morgan fingerprint density at radius 3 is 2.33 bits per heavy atom. The molecule has 1 aromatic carbocycles. The number of nitrogens with one attached hydrogen (secondary N) is 2. The number of hydrogen-bond acceptors (Lipinski definition) is 5. The summed E-state index contributed by atoms with van der Waals surface area (Å²) in [6.45, 7) is 5.80. The summed E-state index contributed by atoms with van der Waals surface area (Å²) in [5.74, 6) is 0.982. The van der Waals surface area contributed by atoms with Crippen molar-refractivity contribution in [2.75, 3.05) is 5.32 Å². The topological polar surface area (TPSA) is 97.1 Å². The lowest BCUT2D eigenvalue weighted by Crippen LogP contribution is -2.43. The fourth-order valence-electron chi connectivity index (χ4n) is 5.61. The standard InChI is InChI=1S/C32H40N4O2S/c1-31(2,3)30(38)35-25-11-5-21(6-12-25)17-29(37)36-28-18-26(23-13-16-39-20-23)27(19-34-28)22-7-9-24(10-8-22)32(33)14-4-15-32/h7-10,13,16,18-21,25H,4-6,11-12,14-15,17,33H2,1-3H3,(H,35,38)(H,34,36,37). The number of carbonyl (C=O) groups excluding carboxylic acids is 2. The Morgan fingerprint density at radius 2 is 1.74 bits per heavy atom. The SMILES string of the molecule is CC(C)(C)C(=O)NC1CCC(CC(=O)Nc2cc(-c3ccsc3)c(-c3ccc(C4(N)CCC4)cc3)cn2)CC1. The molecule has 0 bridgehead atoms. The van der Waals surface area contributed by atoms with Gasteiger partial charge in [0.1, 0.15) is 5.82 Å². The third-order valence-corrected chi connectivity index (χ3v) is 9.04. The summed E-state index contributed by atoms with van der Waals surface area (Å²) in [6.07, 6.45) is 9.31. The molecule has 0 unspecified atom stereocenters. The molecule has 6 nitrogen and oxygen atoms in total. The number of thiophene rings is 1. The second-order valence-electron chi connectivity index (χ2n) is 12.4. The van der Waals surface area contributed by atoms with Crippen LogP contribution >= 0.6 is 11.3 Å². The molecule has 2 aromatic heterocycles. The van der Waals surface area contributed by atoms with Gasteiger partial charge in [-0.2, -0.15) is 11.3 Å². The van der Waals surface area contributed by atoms with Gasteiger partial charge in [-0.1, -0.05) is 45.0 Å².